The van der Waals surface area contributed by atoms with Crippen LogP contribution in [0.2, 0.25) is 0 Å². The molecule has 0 saturated carbocycles. The summed E-state index contributed by atoms with van der Waals surface area (Å²) in [4.78, 5) is 27.3. The van der Waals surface area contributed by atoms with Crippen molar-refractivity contribution in [1.82, 2.24) is 0 Å². The van der Waals surface area contributed by atoms with Crippen molar-refractivity contribution in [1.29, 1.82) is 5.26 Å². The first kappa shape index (κ1) is 19.0. The number of amides is 2. The molecule has 0 aromatic heterocycles. The molecule has 1 aliphatic rings. The van der Waals surface area contributed by atoms with Crippen molar-refractivity contribution in [2.45, 2.75) is 0 Å². The van der Waals surface area contributed by atoms with E-state index in [0.717, 1.165) is 17.0 Å². The standard InChI is InChI=1S/C23H13F2N3O2/c24-18-11-8-16(12-19(18)25)27-21-20(15-4-2-1-3-5-15)22(29)28(23(21)30)17-9-6-14(13-26)7-10-17/h1-12,27H. The summed E-state index contributed by atoms with van der Waals surface area (Å²) < 4.78 is 26.9. The van der Waals surface area contributed by atoms with Gasteiger partial charge >= 0.3 is 0 Å². The molecule has 1 N–H and O–H groups in total. The predicted octanol–water partition coefficient (Wildman–Crippen LogP) is 4.23. The predicted molar refractivity (Wildman–Crippen MR) is 107 cm³/mol. The highest BCUT2D eigenvalue weighted by Crippen LogP contribution is 2.34. The Labute approximate surface area is 170 Å². The van der Waals surface area contributed by atoms with E-state index < -0.39 is 23.4 Å². The number of rotatable bonds is 4. The highest BCUT2D eigenvalue weighted by atomic mass is 19.2. The maximum absolute atomic E-state index is 13.6. The van der Waals surface area contributed by atoms with Gasteiger partial charge in [-0.3, -0.25) is 9.59 Å². The topological polar surface area (TPSA) is 73.2 Å². The first-order valence-corrected chi connectivity index (χ1v) is 8.90. The Kier molecular flexibility index (Phi) is 4.82. The number of imide groups is 1. The average molecular weight is 401 g/mol. The normalized spacial score (nSPS) is 13.6. The molecule has 0 spiro atoms. The summed E-state index contributed by atoms with van der Waals surface area (Å²) in [5.41, 5.74) is 1.35. The number of nitriles is 1. The number of nitrogens with one attached hydrogen (secondary N) is 1. The minimum absolute atomic E-state index is 0.0541. The second-order valence-corrected chi connectivity index (χ2v) is 6.47. The van der Waals surface area contributed by atoms with Gasteiger partial charge in [0.25, 0.3) is 11.8 Å². The fourth-order valence-corrected chi connectivity index (χ4v) is 3.16. The Morgan fingerprint density at radius 1 is 0.833 bits per heavy atom. The van der Waals surface area contributed by atoms with Crippen LogP contribution in [0.25, 0.3) is 5.57 Å². The number of nitrogens with zero attached hydrogens (tertiary/aromatic N) is 2. The lowest BCUT2D eigenvalue weighted by atomic mass is 10.0. The van der Waals surface area contributed by atoms with E-state index in [2.05, 4.69) is 5.32 Å². The number of benzene rings is 3. The molecule has 0 fully saturated rings. The Morgan fingerprint density at radius 2 is 1.53 bits per heavy atom. The lowest BCUT2D eigenvalue weighted by Crippen LogP contribution is -2.32. The number of halogens is 2. The minimum atomic E-state index is -1.08. The molecule has 0 radical (unpaired) electrons. The molecule has 3 aromatic rings. The van der Waals surface area contributed by atoms with Crippen LogP contribution in [0.1, 0.15) is 11.1 Å². The molecule has 5 nitrogen and oxygen atoms in total. The zero-order chi connectivity index (χ0) is 21.3. The molecule has 7 heteroatoms. The van der Waals surface area contributed by atoms with Crippen LogP contribution < -0.4 is 10.2 Å². The molecule has 1 aliphatic heterocycles. The van der Waals surface area contributed by atoms with Gasteiger partial charge in [0.15, 0.2) is 11.6 Å². The van der Waals surface area contributed by atoms with E-state index >= 15 is 0 Å². The van der Waals surface area contributed by atoms with Gasteiger partial charge in [0.05, 0.1) is 22.9 Å². The van der Waals surface area contributed by atoms with Gasteiger partial charge in [-0.05, 0) is 42.0 Å². The van der Waals surface area contributed by atoms with Crippen LogP contribution in [0.4, 0.5) is 20.2 Å². The molecule has 3 aromatic carbocycles. The second kappa shape index (κ2) is 7.60. The summed E-state index contributed by atoms with van der Waals surface area (Å²) in [6.45, 7) is 0. The SMILES string of the molecule is N#Cc1ccc(N2C(=O)C(Nc3ccc(F)c(F)c3)=C(c3ccccc3)C2=O)cc1. The Balaban J connectivity index is 1.80. The lowest BCUT2D eigenvalue weighted by molar-refractivity contribution is -0.120. The molecule has 2 amide bonds. The largest absolute Gasteiger partial charge is 0.350 e. The number of hydrogen-bond donors (Lipinski definition) is 1. The van der Waals surface area contributed by atoms with Crippen LogP contribution in [0.15, 0.2) is 78.5 Å². The van der Waals surface area contributed by atoms with E-state index in [0.29, 0.717) is 16.8 Å². The van der Waals surface area contributed by atoms with E-state index in [9.17, 15) is 18.4 Å². The fourth-order valence-electron chi connectivity index (χ4n) is 3.16. The Hall–Kier alpha value is -4.31. The van der Waals surface area contributed by atoms with Crippen LogP contribution in [0.3, 0.4) is 0 Å². The zero-order valence-electron chi connectivity index (χ0n) is 15.4. The maximum atomic E-state index is 13.6. The highest BCUT2D eigenvalue weighted by Gasteiger charge is 2.40. The molecule has 1 heterocycles. The molecule has 146 valence electrons. The molecular weight excluding hydrogens is 388 g/mol. The summed E-state index contributed by atoms with van der Waals surface area (Å²) in [6.07, 6.45) is 0. The van der Waals surface area contributed by atoms with E-state index in [1.165, 1.54) is 30.3 Å². The van der Waals surface area contributed by atoms with Crippen molar-refractivity contribution in [2.24, 2.45) is 0 Å². The van der Waals surface area contributed by atoms with E-state index in [1.807, 2.05) is 6.07 Å². The molecule has 4 rings (SSSR count). The summed E-state index contributed by atoms with van der Waals surface area (Å²) in [7, 11) is 0. The van der Waals surface area contributed by atoms with E-state index in [1.54, 1.807) is 30.3 Å². The molecule has 0 atom stereocenters. The second-order valence-electron chi connectivity index (χ2n) is 6.47. The third kappa shape index (κ3) is 3.31. The van der Waals surface area contributed by atoms with Gasteiger partial charge in [-0.25, -0.2) is 13.7 Å². The molecule has 0 aliphatic carbocycles. The number of carbonyl (C=O) groups is 2. The van der Waals surface area contributed by atoms with Crippen molar-refractivity contribution in [3.8, 4) is 6.07 Å². The molecule has 30 heavy (non-hydrogen) atoms. The highest BCUT2D eigenvalue weighted by molar-refractivity contribution is 6.46. The summed E-state index contributed by atoms with van der Waals surface area (Å²) >= 11 is 0. The number of carbonyl (C=O) groups excluding carboxylic acids is 2. The molecular formula is C23H13F2N3O2. The van der Waals surface area contributed by atoms with Gasteiger partial charge in [-0.2, -0.15) is 5.26 Å². The van der Waals surface area contributed by atoms with Crippen molar-refractivity contribution >= 4 is 28.8 Å². The maximum Gasteiger partial charge on any atom is 0.282 e. The molecule has 0 saturated heterocycles. The van der Waals surface area contributed by atoms with Crippen LogP contribution in [-0.4, -0.2) is 11.8 Å². The van der Waals surface area contributed by atoms with Crippen molar-refractivity contribution in [3.63, 3.8) is 0 Å². The van der Waals surface area contributed by atoms with Crippen molar-refractivity contribution < 1.29 is 18.4 Å². The van der Waals surface area contributed by atoms with Gasteiger partial charge in [0, 0.05) is 11.8 Å². The average Bonchev–Trinajstić information content (AvgIpc) is 3.01. The third-order valence-corrected chi connectivity index (χ3v) is 4.59. The van der Waals surface area contributed by atoms with Crippen LogP contribution >= 0.6 is 0 Å². The van der Waals surface area contributed by atoms with E-state index in [-0.39, 0.29) is 17.0 Å². The van der Waals surface area contributed by atoms with Crippen LogP contribution in [0.5, 0.6) is 0 Å². The zero-order valence-corrected chi connectivity index (χ0v) is 15.4. The smallest absolute Gasteiger partial charge is 0.282 e. The van der Waals surface area contributed by atoms with Gasteiger partial charge in [-0.1, -0.05) is 30.3 Å². The minimum Gasteiger partial charge on any atom is -0.350 e. The van der Waals surface area contributed by atoms with Gasteiger partial charge in [0.2, 0.25) is 0 Å². The lowest BCUT2D eigenvalue weighted by Gasteiger charge is -2.15. The summed E-state index contributed by atoms with van der Waals surface area (Å²) in [5.74, 6) is -3.32. The van der Waals surface area contributed by atoms with Crippen LogP contribution in [-0.2, 0) is 9.59 Å². The van der Waals surface area contributed by atoms with Crippen molar-refractivity contribution in [3.05, 3.63) is 101 Å². The third-order valence-electron chi connectivity index (χ3n) is 4.59. The first-order chi connectivity index (χ1) is 14.5. The van der Waals surface area contributed by atoms with Crippen LogP contribution in [0, 0.1) is 23.0 Å². The summed E-state index contributed by atoms with van der Waals surface area (Å²) in [6, 6.07) is 19.6. The number of hydrogen-bond acceptors (Lipinski definition) is 4. The van der Waals surface area contributed by atoms with Crippen molar-refractivity contribution in [2.75, 3.05) is 10.2 Å². The first-order valence-electron chi connectivity index (χ1n) is 8.90. The fraction of sp³-hybridized carbons (Fsp3) is 0. The molecule has 0 bridgehead atoms. The Morgan fingerprint density at radius 3 is 2.17 bits per heavy atom. The van der Waals surface area contributed by atoms with Gasteiger partial charge < -0.3 is 5.32 Å². The van der Waals surface area contributed by atoms with E-state index in [4.69, 9.17) is 5.26 Å². The summed E-state index contributed by atoms with van der Waals surface area (Å²) in [5, 5.41) is 11.7. The van der Waals surface area contributed by atoms with Gasteiger partial charge in [0.1, 0.15) is 5.70 Å². The number of anilines is 2. The molecule has 0 unspecified atom stereocenters. The quantitative estimate of drug-likeness (QED) is 0.664. The van der Waals surface area contributed by atoms with Gasteiger partial charge in [-0.15, -0.1) is 0 Å². The Bertz CT molecular complexity index is 1230. The monoisotopic (exact) mass is 401 g/mol.